The first kappa shape index (κ1) is 15.6. The van der Waals surface area contributed by atoms with Crippen LogP contribution in [0.2, 0.25) is 0 Å². The molecule has 1 aromatic heterocycles. The van der Waals surface area contributed by atoms with Crippen LogP contribution in [0.15, 0.2) is 12.4 Å². The summed E-state index contributed by atoms with van der Waals surface area (Å²) in [7, 11) is 0. The van der Waals surface area contributed by atoms with Crippen LogP contribution in [0.5, 0.6) is 0 Å². The Kier molecular flexibility index (Phi) is 7.03. The predicted octanol–water partition coefficient (Wildman–Crippen LogP) is 1.57. The molecule has 0 aliphatic rings. The van der Waals surface area contributed by atoms with Crippen molar-refractivity contribution < 1.29 is 4.79 Å². The lowest BCUT2D eigenvalue weighted by Crippen LogP contribution is -2.42. The summed E-state index contributed by atoms with van der Waals surface area (Å²) in [5.74, 6) is 0.0381. The van der Waals surface area contributed by atoms with E-state index in [0.717, 1.165) is 37.2 Å². The Bertz CT molecular complexity index is 378. The van der Waals surface area contributed by atoms with Gasteiger partial charge >= 0.3 is 0 Å². The van der Waals surface area contributed by atoms with Gasteiger partial charge in [-0.2, -0.15) is 0 Å². The molecule has 1 rings (SSSR count). The molecule has 0 aromatic carbocycles. The van der Waals surface area contributed by atoms with Crippen molar-refractivity contribution in [1.29, 1.82) is 0 Å². The third-order valence-electron chi connectivity index (χ3n) is 2.90. The van der Waals surface area contributed by atoms with Crippen molar-refractivity contribution in [3.8, 4) is 0 Å². The molecule has 2 N–H and O–H groups in total. The number of nitrogens with one attached hydrogen (secondary N) is 2. The number of amides is 1. The molecular formula is C14H24N4O. The quantitative estimate of drug-likeness (QED) is 0.699. The summed E-state index contributed by atoms with van der Waals surface area (Å²) in [6.07, 6.45) is 6.82. The van der Waals surface area contributed by atoms with Crippen molar-refractivity contribution in [2.24, 2.45) is 0 Å². The molecule has 1 atom stereocenters. The Labute approximate surface area is 115 Å². The highest BCUT2D eigenvalue weighted by Gasteiger charge is 2.11. The van der Waals surface area contributed by atoms with Crippen molar-refractivity contribution in [3.63, 3.8) is 0 Å². The number of aromatic nitrogens is 2. The number of carbonyl (C=O) groups excluding carboxylic acids is 1. The van der Waals surface area contributed by atoms with Gasteiger partial charge in [0, 0.05) is 25.5 Å². The topological polar surface area (TPSA) is 66.9 Å². The van der Waals surface area contributed by atoms with Crippen LogP contribution in [0, 0.1) is 6.92 Å². The first-order valence-corrected chi connectivity index (χ1v) is 6.92. The maximum absolute atomic E-state index is 11.8. The number of carbonyl (C=O) groups is 1. The third-order valence-corrected chi connectivity index (χ3v) is 2.90. The number of hydrogen-bond donors (Lipinski definition) is 2. The molecule has 1 unspecified atom stereocenters. The Morgan fingerprint density at radius 1 is 1.32 bits per heavy atom. The normalized spacial score (nSPS) is 12.2. The van der Waals surface area contributed by atoms with Crippen molar-refractivity contribution in [2.45, 2.75) is 52.6 Å². The average molecular weight is 264 g/mol. The van der Waals surface area contributed by atoms with Crippen molar-refractivity contribution in [2.75, 3.05) is 6.54 Å². The molecule has 5 nitrogen and oxygen atoms in total. The standard InChI is InChI=1S/C14H24N4O/c1-4-5-6-7-15-14(19)12(3)17-10-13-9-16-11(2)8-18-13/h8-9,12,17H,4-7,10H2,1-3H3,(H,15,19). The van der Waals surface area contributed by atoms with Crippen LogP contribution in [0.1, 0.15) is 44.5 Å². The zero-order valence-corrected chi connectivity index (χ0v) is 12.1. The Hall–Kier alpha value is -1.49. The number of aryl methyl sites for hydroxylation is 1. The van der Waals surface area contributed by atoms with Gasteiger partial charge in [0.05, 0.1) is 17.4 Å². The van der Waals surface area contributed by atoms with Crippen molar-refractivity contribution in [3.05, 3.63) is 23.8 Å². The number of hydrogen-bond acceptors (Lipinski definition) is 4. The Morgan fingerprint density at radius 3 is 2.74 bits per heavy atom. The van der Waals surface area contributed by atoms with Gasteiger partial charge in [-0.1, -0.05) is 19.8 Å². The summed E-state index contributed by atoms with van der Waals surface area (Å²) in [6, 6.07) is -0.218. The average Bonchev–Trinajstić information content (AvgIpc) is 2.42. The highest BCUT2D eigenvalue weighted by atomic mass is 16.2. The van der Waals surface area contributed by atoms with Crippen LogP contribution in [-0.4, -0.2) is 28.5 Å². The van der Waals surface area contributed by atoms with Crippen molar-refractivity contribution >= 4 is 5.91 Å². The summed E-state index contributed by atoms with van der Waals surface area (Å²) < 4.78 is 0. The maximum atomic E-state index is 11.8. The second kappa shape index (κ2) is 8.58. The maximum Gasteiger partial charge on any atom is 0.236 e. The van der Waals surface area contributed by atoms with Gasteiger partial charge in [-0.25, -0.2) is 0 Å². The molecule has 0 fully saturated rings. The van der Waals surface area contributed by atoms with Crippen LogP contribution < -0.4 is 10.6 Å². The van der Waals surface area contributed by atoms with E-state index in [1.54, 1.807) is 12.4 Å². The summed E-state index contributed by atoms with van der Waals surface area (Å²) >= 11 is 0. The van der Waals surface area contributed by atoms with Crippen LogP contribution >= 0.6 is 0 Å². The van der Waals surface area contributed by atoms with E-state index < -0.39 is 0 Å². The summed E-state index contributed by atoms with van der Waals surface area (Å²) in [5.41, 5.74) is 1.74. The van der Waals surface area contributed by atoms with E-state index in [4.69, 9.17) is 0 Å². The van der Waals surface area contributed by atoms with E-state index in [-0.39, 0.29) is 11.9 Å². The lowest BCUT2D eigenvalue weighted by molar-refractivity contribution is -0.122. The van der Waals surface area contributed by atoms with E-state index in [0.29, 0.717) is 6.54 Å². The zero-order chi connectivity index (χ0) is 14.1. The van der Waals surface area contributed by atoms with Crippen LogP contribution in [0.4, 0.5) is 0 Å². The second-order valence-electron chi connectivity index (χ2n) is 4.75. The smallest absolute Gasteiger partial charge is 0.236 e. The van der Waals surface area contributed by atoms with Gasteiger partial charge in [0.1, 0.15) is 0 Å². The van der Waals surface area contributed by atoms with Gasteiger partial charge in [-0.05, 0) is 20.3 Å². The van der Waals surface area contributed by atoms with Crippen LogP contribution in [-0.2, 0) is 11.3 Å². The lowest BCUT2D eigenvalue weighted by Gasteiger charge is -2.13. The van der Waals surface area contributed by atoms with Gasteiger partial charge in [-0.3, -0.25) is 14.8 Å². The molecule has 0 aliphatic carbocycles. The Morgan fingerprint density at radius 2 is 2.11 bits per heavy atom. The monoisotopic (exact) mass is 264 g/mol. The first-order chi connectivity index (χ1) is 9.13. The van der Waals surface area contributed by atoms with Gasteiger partial charge in [0.2, 0.25) is 5.91 Å². The Balaban J connectivity index is 2.24. The molecule has 0 spiro atoms. The first-order valence-electron chi connectivity index (χ1n) is 6.92. The second-order valence-corrected chi connectivity index (χ2v) is 4.75. The number of unbranched alkanes of at least 4 members (excludes halogenated alkanes) is 2. The molecule has 0 aliphatic heterocycles. The minimum absolute atomic E-state index is 0.0381. The van der Waals surface area contributed by atoms with E-state index in [9.17, 15) is 4.79 Å². The lowest BCUT2D eigenvalue weighted by atomic mass is 10.2. The van der Waals surface area contributed by atoms with Crippen LogP contribution in [0.25, 0.3) is 0 Å². The fourth-order valence-corrected chi connectivity index (χ4v) is 1.60. The fraction of sp³-hybridized carbons (Fsp3) is 0.643. The van der Waals surface area contributed by atoms with Crippen LogP contribution in [0.3, 0.4) is 0 Å². The van der Waals surface area contributed by atoms with Gasteiger partial charge in [0.15, 0.2) is 0 Å². The number of rotatable bonds is 8. The largest absolute Gasteiger partial charge is 0.355 e. The van der Waals surface area contributed by atoms with E-state index >= 15 is 0 Å². The molecular weight excluding hydrogens is 240 g/mol. The minimum Gasteiger partial charge on any atom is -0.355 e. The molecule has 5 heteroatoms. The van der Waals surface area contributed by atoms with Crippen molar-refractivity contribution in [1.82, 2.24) is 20.6 Å². The fourth-order valence-electron chi connectivity index (χ4n) is 1.60. The highest BCUT2D eigenvalue weighted by Crippen LogP contribution is 1.95. The summed E-state index contributed by atoms with van der Waals surface area (Å²) in [5, 5.41) is 6.07. The van der Waals surface area contributed by atoms with E-state index in [1.165, 1.54) is 0 Å². The van der Waals surface area contributed by atoms with Gasteiger partial charge in [-0.15, -0.1) is 0 Å². The predicted molar refractivity (Wildman–Crippen MR) is 75.6 cm³/mol. The van der Waals surface area contributed by atoms with E-state index in [2.05, 4.69) is 27.5 Å². The molecule has 1 aromatic rings. The SMILES string of the molecule is CCCCCNC(=O)C(C)NCc1cnc(C)cn1. The molecule has 0 radical (unpaired) electrons. The van der Waals surface area contributed by atoms with Gasteiger partial charge in [0.25, 0.3) is 0 Å². The highest BCUT2D eigenvalue weighted by molar-refractivity contribution is 5.81. The summed E-state index contributed by atoms with van der Waals surface area (Å²) in [4.78, 5) is 20.2. The minimum atomic E-state index is -0.218. The summed E-state index contributed by atoms with van der Waals surface area (Å²) in [6.45, 7) is 7.21. The third kappa shape index (κ3) is 6.29. The molecule has 106 valence electrons. The zero-order valence-electron chi connectivity index (χ0n) is 12.1. The van der Waals surface area contributed by atoms with E-state index in [1.807, 2.05) is 13.8 Å². The molecule has 0 bridgehead atoms. The molecule has 0 saturated carbocycles. The molecule has 19 heavy (non-hydrogen) atoms. The van der Waals surface area contributed by atoms with Gasteiger partial charge < -0.3 is 10.6 Å². The molecule has 1 heterocycles. The molecule has 0 saturated heterocycles. The molecule has 1 amide bonds. The number of nitrogens with zero attached hydrogens (tertiary/aromatic N) is 2.